The number of carboxylic acid groups (broad SMARTS) is 1. The van der Waals surface area contributed by atoms with Gasteiger partial charge >= 0.3 is 57.4 Å². The van der Waals surface area contributed by atoms with Gasteiger partial charge in [0.25, 0.3) is 0 Å². The van der Waals surface area contributed by atoms with Crippen molar-refractivity contribution >= 4 is 57.4 Å². The van der Waals surface area contributed by atoms with Crippen LogP contribution in [0.5, 0.6) is 0 Å². The van der Waals surface area contributed by atoms with Crippen molar-refractivity contribution in [3.05, 3.63) is 0 Å². The molecule has 0 bridgehead atoms. The van der Waals surface area contributed by atoms with Crippen LogP contribution in [-0.4, -0.2) is 62.5 Å². The molecule has 0 aliphatic rings. The fraction of sp³-hybridized carbons (Fsp3) is 0.800. The summed E-state index contributed by atoms with van der Waals surface area (Å²) >= 11 is 0. The Morgan fingerprint density at radius 2 is 2.00 bits per heavy atom. The molecule has 0 radical (unpaired) electrons. The van der Waals surface area contributed by atoms with Gasteiger partial charge in [-0.3, -0.25) is 4.79 Å². The van der Waals surface area contributed by atoms with Crippen LogP contribution in [-0.2, 0) is 24.3 Å². The normalized spacial score (nSPS) is 6.78. The predicted octanol–water partition coefficient (Wildman–Crippen LogP) is 0.610. The van der Waals surface area contributed by atoms with Crippen LogP contribution < -0.4 is 0 Å². The number of hydrogen-bond acceptors (Lipinski definition) is 1. The molecule has 1 N–H and O–H groups in total. The van der Waals surface area contributed by atoms with E-state index in [1.807, 2.05) is 6.92 Å². The third kappa shape index (κ3) is 17.7. The number of hydrogen-bond donors (Lipinski definition) is 1. The second kappa shape index (κ2) is 12.4. The van der Waals surface area contributed by atoms with Crippen molar-refractivity contribution in [2.75, 3.05) is 0 Å². The predicted molar refractivity (Wildman–Crippen MR) is 34.3 cm³/mol. The summed E-state index contributed by atoms with van der Waals surface area (Å²) in [4.78, 5) is 9.76. The average Bonchev–Trinajstić information content (AvgIpc) is 1.61. The van der Waals surface area contributed by atoms with E-state index in [2.05, 4.69) is 0 Å². The van der Waals surface area contributed by atoms with Crippen LogP contribution in [0.25, 0.3) is 0 Å². The summed E-state index contributed by atoms with van der Waals surface area (Å²) in [6.07, 6.45) is 2.08. The zero-order valence-electron chi connectivity index (χ0n) is 5.18. The molecule has 4 heteroatoms. The third-order valence-electron chi connectivity index (χ3n) is 0.744. The summed E-state index contributed by atoms with van der Waals surface area (Å²) in [6, 6.07) is 0. The third-order valence-corrected chi connectivity index (χ3v) is 0.744. The molecule has 0 amide bonds. The van der Waals surface area contributed by atoms with Gasteiger partial charge in [-0.05, 0) is 6.42 Å². The number of rotatable bonds is 3. The molecule has 0 aromatic carbocycles. The van der Waals surface area contributed by atoms with Crippen molar-refractivity contribution in [3.63, 3.8) is 0 Å². The average molecular weight is 208 g/mol. The first kappa shape index (κ1) is 17.0. The Hall–Kier alpha value is 1.73. The van der Waals surface area contributed by atoms with Gasteiger partial charge in [-0.1, -0.05) is 13.3 Å². The van der Waals surface area contributed by atoms with Gasteiger partial charge in [0, 0.05) is 25.9 Å². The Labute approximate surface area is 111 Å². The van der Waals surface area contributed by atoms with Gasteiger partial charge in [0.1, 0.15) is 0 Å². The van der Waals surface area contributed by atoms with E-state index in [4.69, 9.17) is 5.11 Å². The van der Waals surface area contributed by atoms with E-state index in [9.17, 15) is 4.79 Å². The Morgan fingerprint density at radius 1 is 1.56 bits per heavy atom. The summed E-state index contributed by atoms with van der Waals surface area (Å²) in [5.41, 5.74) is 0. The SMILES string of the molecule is CCCCC(=O)O.[KH].[Zn]. The Kier molecular flexibility index (Phi) is 23.4. The molecule has 2 nitrogen and oxygen atoms in total. The molecule has 46 valence electrons. The van der Waals surface area contributed by atoms with E-state index < -0.39 is 5.97 Å². The Bertz CT molecular complexity index is 68.0. The first-order valence-electron chi connectivity index (χ1n) is 2.49. The summed E-state index contributed by atoms with van der Waals surface area (Å²) in [6.45, 7) is 1.98. The van der Waals surface area contributed by atoms with E-state index in [-0.39, 0.29) is 70.9 Å². The zero-order valence-corrected chi connectivity index (χ0v) is 8.15. The molecule has 0 aromatic heterocycles. The van der Waals surface area contributed by atoms with Crippen LogP contribution in [0.2, 0.25) is 0 Å². The molecule has 0 aliphatic carbocycles. The molecule has 0 aromatic rings. The first-order chi connectivity index (χ1) is 3.27. The van der Waals surface area contributed by atoms with Gasteiger partial charge in [-0.15, -0.1) is 0 Å². The molecule has 0 saturated carbocycles. The molecule has 0 saturated heterocycles. The smallest absolute Gasteiger partial charge is 0 e. The van der Waals surface area contributed by atoms with E-state index in [1.54, 1.807) is 0 Å². The van der Waals surface area contributed by atoms with Gasteiger partial charge in [0.2, 0.25) is 0 Å². The maximum Gasteiger partial charge on any atom is 0 e. The maximum absolute atomic E-state index is 9.76. The van der Waals surface area contributed by atoms with Crippen LogP contribution >= 0.6 is 0 Å². The van der Waals surface area contributed by atoms with Crippen molar-refractivity contribution < 1.29 is 29.4 Å². The van der Waals surface area contributed by atoms with Crippen molar-refractivity contribution in [1.82, 2.24) is 0 Å². The molecule has 0 spiro atoms. The number of carboxylic acids is 1. The molecule has 0 atom stereocenters. The van der Waals surface area contributed by atoms with Gasteiger partial charge in [-0.2, -0.15) is 0 Å². The molecule has 9 heavy (non-hydrogen) atoms. The quantitative estimate of drug-likeness (QED) is 0.689. The van der Waals surface area contributed by atoms with E-state index >= 15 is 0 Å². The molecule has 0 heterocycles. The van der Waals surface area contributed by atoms with E-state index in [0.29, 0.717) is 6.42 Å². The largest absolute Gasteiger partial charge is 0 e. The molecular weight excluding hydrogens is 197 g/mol. The molecular formula is C5H11KO2Zn. The van der Waals surface area contributed by atoms with Gasteiger partial charge in [0.05, 0.1) is 0 Å². The second-order valence-electron chi connectivity index (χ2n) is 1.50. The summed E-state index contributed by atoms with van der Waals surface area (Å²) < 4.78 is 0. The molecule has 0 rings (SSSR count). The standard InChI is InChI=1S/C5H10O2.K.Zn.H/c1-2-3-4-5(6)7;;;/h2-4H2,1H3,(H,6,7);;;. The molecule has 0 aliphatic heterocycles. The topological polar surface area (TPSA) is 37.3 Å². The Balaban J connectivity index is -0.000000180. The zero-order chi connectivity index (χ0) is 5.70. The number of unbranched alkanes of at least 4 members (excludes halogenated alkanes) is 1. The molecule has 0 fully saturated rings. The number of carbonyl (C=O) groups is 1. The minimum Gasteiger partial charge on any atom is 0 e. The van der Waals surface area contributed by atoms with Gasteiger partial charge < -0.3 is 5.11 Å². The summed E-state index contributed by atoms with van der Waals surface area (Å²) in [5.74, 6) is -0.693. The number of aliphatic carboxylic acids is 1. The van der Waals surface area contributed by atoms with Crippen LogP contribution in [0.3, 0.4) is 0 Å². The van der Waals surface area contributed by atoms with Crippen molar-refractivity contribution in [2.24, 2.45) is 0 Å². The van der Waals surface area contributed by atoms with Crippen molar-refractivity contribution in [1.29, 1.82) is 0 Å². The van der Waals surface area contributed by atoms with Gasteiger partial charge in [-0.25, -0.2) is 0 Å². The van der Waals surface area contributed by atoms with Crippen molar-refractivity contribution in [3.8, 4) is 0 Å². The maximum atomic E-state index is 9.76. The van der Waals surface area contributed by atoms with Gasteiger partial charge in [0.15, 0.2) is 0 Å². The van der Waals surface area contributed by atoms with E-state index in [0.717, 1.165) is 12.8 Å². The second-order valence-corrected chi connectivity index (χ2v) is 1.50. The van der Waals surface area contributed by atoms with E-state index in [1.165, 1.54) is 0 Å². The summed E-state index contributed by atoms with van der Waals surface area (Å²) in [5, 5.41) is 8.04. The molecule has 0 unspecified atom stereocenters. The van der Waals surface area contributed by atoms with Crippen LogP contribution in [0.4, 0.5) is 0 Å². The fourth-order valence-corrected chi connectivity index (χ4v) is 0.328. The minimum absolute atomic E-state index is 0. The van der Waals surface area contributed by atoms with Crippen LogP contribution in [0.1, 0.15) is 26.2 Å². The van der Waals surface area contributed by atoms with Crippen LogP contribution in [0.15, 0.2) is 0 Å². The van der Waals surface area contributed by atoms with Crippen molar-refractivity contribution in [2.45, 2.75) is 26.2 Å². The summed E-state index contributed by atoms with van der Waals surface area (Å²) in [7, 11) is 0. The monoisotopic (exact) mass is 206 g/mol. The Morgan fingerprint density at radius 3 is 2.11 bits per heavy atom. The fourth-order valence-electron chi connectivity index (χ4n) is 0.328. The van der Waals surface area contributed by atoms with Crippen LogP contribution in [0, 0.1) is 0 Å². The first-order valence-corrected chi connectivity index (χ1v) is 2.49. The minimum atomic E-state index is -0.693.